The van der Waals surface area contributed by atoms with Crippen LogP contribution in [0.2, 0.25) is 0 Å². The van der Waals surface area contributed by atoms with Crippen LogP contribution in [0.15, 0.2) is 30.3 Å². The monoisotopic (exact) mass is 314 g/mol. The SMILES string of the molecule is Cc1nc(CCNC(=O)C2CCC2)sc1Cc1ccccc1. The minimum absolute atomic E-state index is 0.226. The largest absolute Gasteiger partial charge is 0.355 e. The molecule has 0 saturated heterocycles. The van der Waals surface area contributed by atoms with Gasteiger partial charge in [0.2, 0.25) is 5.91 Å². The van der Waals surface area contributed by atoms with Gasteiger partial charge in [-0.25, -0.2) is 4.98 Å². The number of nitrogens with one attached hydrogen (secondary N) is 1. The van der Waals surface area contributed by atoms with Gasteiger partial charge in [-0.05, 0) is 25.3 Å². The van der Waals surface area contributed by atoms with E-state index in [1.807, 2.05) is 6.07 Å². The zero-order valence-electron chi connectivity index (χ0n) is 13.0. The van der Waals surface area contributed by atoms with Gasteiger partial charge in [0, 0.05) is 30.2 Å². The minimum atomic E-state index is 0.226. The highest BCUT2D eigenvalue weighted by molar-refractivity contribution is 7.11. The normalized spacial score (nSPS) is 14.6. The maximum absolute atomic E-state index is 11.8. The second-order valence-electron chi connectivity index (χ2n) is 5.95. The second-order valence-corrected chi connectivity index (χ2v) is 7.12. The highest BCUT2D eigenvalue weighted by Gasteiger charge is 2.24. The Balaban J connectivity index is 1.52. The molecular weight excluding hydrogens is 292 g/mol. The number of carbonyl (C=O) groups is 1. The van der Waals surface area contributed by atoms with E-state index in [1.165, 1.54) is 16.9 Å². The summed E-state index contributed by atoms with van der Waals surface area (Å²) in [4.78, 5) is 17.8. The Bertz CT molecular complexity index is 632. The van der Waals surface area contributed by atoms with E-state index in [-0.39, 0.29) is 11.8 Å². The number of nitrogens with zero attached hydrogens (tertiary/aromatic N) is 1. The molecule has 116 valence electrons. The van der Waals surface area contributed by atoms with Crippen LogP contribution in [0.3, 0.4) is 0 Å². The Kier molecular flexibility index (Phi) is 4.88. The molecule has 1 fully saturated rings. The van der Waals surface area contributed by atoms with Crippen LogP contribution >= 0.6 is 11.3 Å². The summed E-state index contributed by atoms with van der Waals surface area (Å²) in [7, 11) is 0. The lowest BCUT2D eigenvalue weighted by atomic mass is 9.85. The first-order valence-corrected chi connectivity index (χ1v) is 8.81. The summed E-state index contributed by atoms with van der Waals surface area (Å²) >= 11 is 1.77. The van der Waals surface area contributed by atoms with E-state index in [0.29, 0.717) is 6.54 Å². The molecule has 1 heterocycles. The average Bonchev–Trinajstić information content (AvgIpc) is 2.78. The van der Waals surface area contributed by atoms with E-state index >= 15 is 0 Å². The Morgan fingerprint density at radius 2 is 2.09 bits per heavy atom. The second kappa shape index (κ2) is 7.05. The van der Waals surface area contributed by atoms with E-state index in [1.54, 1.807) is 11.3 Å². The predicted molar refractivity (Wildman–Crippen MR) is 90.2 cm³/mol. The Morgan fingerprint density at radius 1 is 1.32 bits per heavy atom. The summed E-state index contributed by atoms with van der Waals surface area (Å²) in [6, 6.07) is 10.5. The fraction of sp³-hybridized carbons (Fsp3) is 0.444. The Labute approximate surface area is 135 Å². The number of rotatable bonds is 6. The van der Waals surface area contributed by atoms with Crippen molar-refractivity contribution in [1.29, 1.82) is 0 Å². The Morgan fingerprint density at radius 3 is 2.77 bits per heavy atom. The van der Waals surface area contributed by atoms with Gasteiger partial charge in [-0.1, -0.05) is 36.8 Å². The number of hydrogen-bond donors (Lipinski definition) is 1. The molecule has 0 atom stereocenters. The maximum atomic E-state index is 11.8. The molecule has 2 aromatic rings. The topological polar surface area (TPSA) is 42.0 Å². The summed E-state index contributed by atoms with van der Waals surface area (Å²) in [5.74, 6) is 0.496. The van der Waals surface area contributed by atoms with Gasteiger partial charge in [0.15, 0.2) is 0 Å². The van der Waals surface area contributed by atoms with Crippen LogP contribution < -0.4 is 5.32 Å². The van der Waals surface area contributed by atoms with Gasteiger partial charge in [0.25, 0.3) is 0 Å². The van der Waals surface area contributed by atoms with Crippen molar-refractivity contribution in [2.45, 2.75) is 39.0 Å². The average molecular weight is 314 g/mol. The molecule has 22 heavy (non-hydrogen) atoms. The third kappa shape index (κ3) is 3.74. The molecule has 1 amide bonds. The van der Waals surface area contributed by atoms with Gasteiger partial charge >= 0.3 is 0 Å². The van der Waals surface area contributed by atoms with Crippen LogP contribution in [0.4, 0.5) is 0 Å². The summed E-state index contributed by atoms with van der Waals surface area (Å²) < 4.78 is 0. The molecule has 1 N–H and O–H groups in total. The highest BCUT2D eigenvalue weighted by Crippen LogP contribution is 2.26. The number of hydrogen-bond acceptors (Lipinski definition) is 3. The lowest BCUT2D eigenvalue weighted by Crippen LogP contribution is -2.35. The minimum Gasteiger partial charge on any atom is -0.355 e. The first-order chi connectivity index (χ1) is 10.7. The van der Waals surface area contributed by atoms with Gasteiger partial charge < -0.3 is 5.32 Å². The summed E-state index contributed by atoms with van der Waals surface area (Å²) in [5, 5.41) is 4.16. The Hall–Kier alpha value is -1.68. The van der Waals surface area contributed by atoms with Gasteiger partial charge in [-0.15, -0.1) is 11.3 Å². The van der Waals surface area contributed by atoms with E-state index in [4.69, 9.17) is 0 Å². The van der Waals surface area contributed by atoms with E-state index in [0.717, 1.165) is 36.4 Å². The van der Waals surface area contributed by atoms with Crippen LogP contribution in [-0.4, -0.2) is 17.4 Å². The first kappa shape index (κ1) is 15.2. The summed E-state index contributed by atoms with van der Waals surface area (Å²) in [6.45, 7) is 2.78. The van der Waals surface area contributed by atoms with Crippen LogP contribution in [-0.2, 0) is 17.6 Å². The van der Waals surface area contributed by atoms with Crippen molar-refractivity contribution in [3.05, 3.63) is 51.5 Å². The fourth-order valence-electron chi connectivity index (χ4n) is 2.65. The van der Waals surface area contributed by atoms with E-state index < -0.39 is 0 Å². The molecule has 0 radical (unpaired) electrons. The van der Waals surface area contributed by atoms with E-state index in [9.17, 15) is 4.79 Å². The van der Waals surface area contributed by atoms with Gasteiger partial charge in [0.1, 0.15) is 0 Å². The van der Waals surface area contributed by atoms with Crippen molar-refractivity contribution >= 4 is 17.2 Å². The predicted octanol–water partition coefficient (Wildman–Crippen LogP) is 3.50. The quantitative estimate of drug-likeness (QED) is 0.886. The lowest BCUT2D eigenvalue weighted by Gasteiger charge is -2.23. The zero-order valence-corrected chi connectivity index (χ0v) is 13.8. The van der Waals surface area contributed by atoms with Crippen LogP contribution in [0.25, 0.3) is 0 Å². The number of aryl methyl sites for hydroxylation is 1. The highest BCUT2D eigenvalue weighted by atomic mass is 32.1. The van der Waals surface area contributed by atoms with Crippen molar-refractivity contribution < 1.29 is 4.79 Å². The number of aromatic nitrogens is 1. The standard InChI is InChI=1S/C18H22N2OS/c1-13-16(12-14-6-3-2-4-7-14)22-17(20-13)10-11-19-18(21)15-8-5-9-15/h2-4,6-7,15H,5,8-12H2,1H3,(H,19,21). The van der Waals surface area contributed by atoms with Gasteiger partial charge in [0.05, 0.1) is 10.7 Å². The molecule has 0 aliphatic heterocycles. The first-order valence-electron chi connectivity index (χ1n) is 7.99. The molecule has 1 aliphatic carbocycles. The number of carbonyl (C=O) groups excluding carboxylic acids is 1. The number of benzene rings is 1. The molecule has 0 bridgehead atoms. The fourth-order valence-corrected chi connectivity index (χ4v) is 3.75. The van der Waals surface area contributed by atoms with Crippen molar-refractivity contribution in [2.75, 3.05) is 6.54 Å². The van der Waals surface area contributed by atoms with Gasteiger partial charge in [-0.3, -0.25) is 4.79 Å². The van der Waals surface area contributed by atoms with Gasteiger partial charge in [-0.2, -0.15) is 0 Å². The molecule has 1 aromatic carbocycles. The molecule has 0 spiro atoms. The molecule has 1 aromatic heterocycles. The van der Waals surface area contributed by atoms with Crippen LogP contribution in [0, 0.1) is 12.8 Å². The van der Waals surface area contributed by atoms with Crippen LogP contribution in [0.1, 0.15) is 40.4 Å². The molecule has 0 unspecified atom stereocenters. The molecule has 1 saturated carbocycles. The third-order valence-electron chi connectivity index (χ3n) is 4.26. The summed E-state index contributed by atoms with van der Waals surface area (Å²) in [5.41, 5.74) is 2.44. The van der Waals surface area contributed by atoms with E-state index in [2.05, 4.69) is 41.5 Å². The van der Waals surface area contributed by atoms with Crippen molar-refractivity contribution in [2.24, 2.45) is 5.92 Å². The van der Waals surface area contributed by atoms with Crippen LogP contribution in [0.5, 0.6) is 0 Å². The number of thiazole rings is 1. The lowest BCUT2D eigenvalue weighted by molar-refractivity contribution is -0.127. The molecule has 3 nitrogen and oxygen atoms in total. The molecular formula is C18H22N2OS. The third-order valence-corrected chi connectivity index (χ3v) is 5.48. The maximum Gasteiger partial charge on any atom is 0.223 e. The molecule has 4 heteroatoms. The summed E-state index contributed by atoms with van der Waals surface area (Å²) in [6.07, 6.45) is 5.09. The smallest absolute Gasteiger partial charge is 0.223 e. The van der Waals surface area contributed by atoms with Crippen molar-refractivity contribution in [3.8, 4) is 0 Å². The zero-order chi connectivity index (χ0) is 15.4. The molecule has 1 aliphatic rings. The molecule has 3 rings (SSSR count). The number of amides is 1. The van der Waals surface area contributed by atoms with Crippen molar-refractivity contribution in [1.82, 2.24) is 10.3 Å². The van der Waals surface area contributed by atoms with Crippen molar-refractivity contribution in [3.63, 3.8) is 0 Å².